The lowest BCUT2D eigenvalue weighted by Crippen LogP contribution is -2.31. The maximum Gasteiger partial charge on any atom is 0.243 e. The molecule has 8 heteroatoms. The minimum Gasteiger partial charge on any atom is -0.495 e. The number of nitrogens with zero attached hydrogens (tertiary/aromatic N) is 1. The number of ether oxygens (including phenoxy) is 1. The molecule has 1 aromatic carbocycles. The normalized spacial score (nSPS) is 11.2. The lowest BCUT2D eigenvalue weighted by molar-refractivity contribution is 0.416. The number of nitrogens with one attached hydrogen (secondary N) is 2. The van der Waals surface area contributed by atoms with Crippen LogP contribution < -0.4 is 15.4 Å². The molecule has 0 heterocycles. The molecule has 0 fully saturated rings. The van der Waals surface area contributed by atoms with Crippen LogP contribution >= 0.6 is 12.2 Å². The van der Waals surface area contributed by atoms with Crippen molar-refractivity contribution in [1.29, 1.82) is 0 Å². The zero-order valence-corrected chi connectivity index (χ0v) is 16.2. The third kappa shape index (κ3) is 5.19. The van der Waals surface area contributed by atoms with Gasteiger partial charge in [-0.3, -0.25) is 0 Å². The largest absolute Gasteiger partial charge is 0.495 e. The van der Waals surface area contributed by atoms with E-state index in [1.807, 2.05) is 6.92 Å². The predicted octanol–water partition coefficient (Wildman–Crippen LogP) is 2.59. The highest BCUT2D eigenvalue weighted by Crippen LogP contribution is 2.28. The van der Waals surface area contributed by atoms with Crippen molar-refractivity contribution in [3.05, 3.63) is 30.4 Å². The third-order valence-corrected chi connectivity index (χ3v) is 5.61. The number of rotatable bonds is 8. The van der Waals surface area contributed by atoms with Crippen molar-refractivity contribution in [2.24, 2.45) is 0 Å². The molecule has 2 N–H and O–H groups in total. The fraction of sp³-hybridized carbons (Fsp3) is 0.438. The molecule has 0 unspecified atom stereocenters. The predicted molar refractivity (Wildman–Crippen MR) is 102 cm³/mol. The number of hydrogen-bond donors (Lipinski definition) is 2. The van der Waals surface area contributed by atoms with E-state index in [1.165, 1.54) is 23.5 Å². The first kappa shape index (κ1) is 20.4. The van der Waals surface area contributed by atoms with Crippen LogP contribution in [-0.4, -0.2) is 44.6 Å². The Bertz CT molecular complexity index is 699. The summed E-state index contributed by atoms with van der Waals surface area (Å²) in [4.78, 5) is 0.192. The van der Waals surface area contributed by atoms with Gasteiger partial charge in [0.25, 0.3) is 0 Å². The summed E-state index contributed by atoms with van der Waals surface area (Å²) in [5.41, 5.74) is 1.42. The van der Waals surface area contributed by atoms with Gasteiger partial charge in [-0.2, -0.15) is 4.31 Å². The third-order valence-electron chi connectivity index (χ3n) is 3.31. The second kappa shape index (κ2) is 9.00. The quantitative estimate of drug-likeness (QED) is 0.541. The molecule has 134 valence electrons. The number of methoxy groups -OCH3 is 1. The number of anilines is 1. The number of sulfonamides is 1. The fourth-order valence-electron chi connectivity index (χ4n) is 2.06. The Morgan fingerprint density at radius 3 is 2.46 bits per heavy atom. The lowest BCUT2D eigenvalue weighted by Gasteiger charge is -2.20. The molecule has 0 spiro atoms. The van der Waals surface area contributed by atoms with Gasteiger partial charge in [0.15, 0.2) is 5.11 Å². The molecule has 1 rings (SSSR count). The first-order valence-electron chi connectivity index (χ1n) is 7.63. The smallest absolute Gasteiger partial charge is 0.243 e. The molecule has 0 radical (unpaired) electrons. The van der Waals surface area contributed by atoms with Crippen LogP contribution in [0.4, 0.5) is 5.69 Å². The molecule has 0 aliphatic rings. The van der Waals surface area contributed by atoms with Gasteiger partial charge in [-0.25, -0.2) is 8.42 Å². The SMILES string of the molecule is C=C(C)CNC(=S)Nc1cc(S(=O)(=O)N(CC)CC)ccc1OC. The van der Waals surface area contributed by atoms with E-state index in [0.29, 0.717) is 36.2 Å². The minimum absolute atomic E-state index is 0.192. The molecular formula is C16H25N3O3S2. The molecule has 0 bridgehead atoms. The van der Waals surface area contributed by atoms with Gasteiger partial charge in [0, 0.05) is 19.6 Å². The highest BCUT2D eigenvalue weighted by Gasteiger charge is 2.23. The van der Waals surface area contributed by atoms with Gasteiger partial charge in [-0.05, 0) is 37.3 Å². The molecule has 6 nitrogen and oxygen atoms in total. The van der Waals surface area contributed by atoms with Crippen molar-refractivity contribution in [2.45, 2.75) is 25.7 Å². The summed E-state index contributed by atoms with van der Waals surface area (Å²) in [5.74, 6) is 0.507. The Morgan fingerprint density at radius 2 is 1.96 bits per heavy atom. The molecule has 0 atom stereocenters. The Labute approximate surface area is 149 Å². The number of hydrogen-bond acceptors (Lipinski definition) is 4. The van der Waals surface area contributed by atoms with Crippen molar-refractivity contribution < 1.29 is 13.2 Å². The lowest BCUT2D eigenvalue weighted by atomic mass is 10.3. The monoisotopic (exact) mass is 371 g/mol. The van der Waals surface area contributed by atoms with Gasteiger partial charge in [0.2, 0.25) is 10.0 Å². The standard InChI is InChI=1S/C16H25N3O3S2/c1-6-19(7-2)24(20,21)13-8-9-15(22-5)14(10-13)18-16(23)17-11-12(3)4/h8-10H,3,6-7,11H2,1-2,4-5H3,(H2,17,18,23). The molecule has 0 aliphatic heterocycles. The van der Waals surface area contributed by atoms with Crippen LogP contribution in [0.1, 0.15) is 20.8 Å². The van der Waals surface area contributed by atoms with Crippen LogP contribution in [-0.2, 0) is 10.0 Å². The van der Waals surface area contributed by atoms with Crippen LogP contribution in [0.15, 0.2) is 35.2 Å². The number of thiocarbonyl (C=S) groups is 1. The van der Waals surface area contributed by atoms with Gasteiger partial charge in [-0.15, -0.1) is 0 Å². The molecule has 24 heavy (non-hydrogen) atoms. The van der Waals surface area contributed by atoms with E-state index in [1.54, 1.807) is 19.9 Å². The Balaban J connectivity index is 3.12. The van der Waals surface area contributed by atoms with Crippen molar-refractivity contribution in [3.63, 3.8) is 0 Å². The molecule has 0 aliphatic carbocycles. The average molecular weight is 372 g/mol. The summed E-state index contributed by atoms with van der Waals surface area (Å²) in [7, 11) is -2.03. The molecule has 0 saturated carbocycles. The molecule has 1 aromatic rings. The fourth-order valence-corrected chi connectivity index (χ4v) is 3.72. The maximum absolute atomic E-state index is 12.6. The number of benzene rings is 1. The Hall–Kier alpha value is -1.64. The Kier molecular flexibility index (Phi) is 7.65. The summed E-state index contributed by atoms with van der Waals surface area (Å²) in [6.07, 6.45) is 0. The van der Waals surface area contributed by atoms with Gasteiger partial charge in [-0.1, -0.05) is 26.0 Å². The summed E-state index contributed by atoms with van der Waals surface area (Å²) >= 11 is 5.22. The van der Waals surface area contributed by atoms with Crippen molar-refractivity contribution in [2.75, 3.05) is 32.1 Å². The first-order valence-corrected chi connectivity index (χ1v) is 9.48. The summed E-state index contributed by atoms with van der Waals surface area (Å²) in [5, 5.41) is 6.34. The minimum atomic E-state index is -3.55. The average Bonchev–Trinajstić information content (AvgIpc) is 2.53. The van der Waals surface area contributed by atoms with E-state index in [0.717, 1.165) is 5.57 Å². The highest BCUT2D eigenvalue weighted by molar-refractivity contribution is 7.89. The van der Waals surface area contributed by atoms with Crippen LogP contribution in [0.2, 0.25) is 0 Å². The first-order chi connectivity index (χ1) is 11.3. The van der Waals surface area contributed by atoms with Gasteiger partial charge < -0.3 is 15.4 Å². The molecule has 0 aromatic heterocycles. The van der Waals surface area contributed by atoms with E-state index >= 15 is 0 Å². The topological polar surface area (TPSA) is 70.7 Å². The molecular weight excluding hydrogens is 346 g/mol. The second-order valence-corrected chi connectivity index (χ2v) is 7.56. The van der Waals surface area contributed by atoms with E-state index in [4.69, 9.17) is 17.0 Å². The van der Waals surface area contributed by atoms with Gasteiger partial charge >= 0.3 is 0 Å². The van der Waals surface area contributed by atoms with E-state index in [2.05, 4.69) is 17.2 Å². The van der Waals surface area contributed by atoms with Crippen LogP contribution in [0, 0.1) is 0 Å². The summed E-state index contributed by atoms with van der Waals surface area (Å²) in [6, 6.07) is 4.67. The Morgan fingerprint density at radius 1 is 1.33 bits per heavy atom. The van der Waals surface area contributed by atoms with E-state index < -0.39 is 10.0 Å². The van der Waals surface area contributed by atoms with Gasteiger partial charge in [0.1, 0.15) is 5.75 Å². The van der Waals surface area contributed by atoms with Crippen LogP contribution in [0.25, 0.3) is 0 Å². The maximum atomic E-state index is 12.6. The zero-order valence-electron chi connectivity index (χ0n) is 14.5. The second-order valence-electron chi connectivity index (χ2n) is 5.22. The van der Waals surface area contributed by atoms with Crippen LogP contribution in [0.3, 0.4) is 0 Å². The zero-order chi connectivity index (χ0) is 18.3. The molecule has 0 saturated heterocycles. The molecule has 0 amide bonds. The van der Waals surface area contributed by atoms with Gasteiger partial charge in [0.05, 0.1) is 17.7 Å². The summed E-state index contributed by atoms with van der Waals surface area (Å²) < 4.78 is 32.0. The highest BCUT2D eigenvalue weighted by atomic mass is 32.2. The van der Waals surface area contributed by atoms with Crippen molar-refractivity contribution in [1.82, 2.24) is 9.62 Å². The van der Waals surface area contributed by atoms with E-state index in [9.17, 15) is 8.42 Å². The van der Waals surface area contributed by atoms with Crippen molar-refractivity contribution in [3.8, 4) is 5.75 Å². The summed E-state index contributed by atoms with van der Waals surface area (Å²) in [6.45, 7) is 10.6. The van der Waals surface area contributed by atoms with Crippen molar-refractivity contribution >= 4 is 33.0 Å². The van der Waals surface area contributed by atoms with Crippen LogP contribution in [0.5, 0.6) is 5.75 Å². The van der Waals surface area contributed by atoms with E-state index in [-0.39, 0.29) is 4.90 Å².